The lowest BCUT2D eigenvalue weighted by Crippen LogP contribution is -2.14. The van der Waals surface area contributed by atoms with E-state index in [1.54, 1.807) is 18.5 Å². The number of ether oxygens (including phenoxy) is 1. The predicted molar refractivity (Wildman–Crippen MR) is 98.9 cm³/mol. The highest BCUT2D eigenvalue weighted by Gasteiger charge is 2.10. The van der Waals surface area contributed by atoms with Gasteiger partial charge in [0.05, 0.1) is 22.2 Å². The number of pyridine rings is 1. The Morgan fingerprint density at radius 2 is 2.12 bits per heavy atom. The molecule has 1 aromatic carbocycles. The van der Waals surface area contributed by atoms with Gasteiger partial charge in [0, 0.05) is 19.2 Å². The maximum absolute atomic E-state index is 12.7. The molecule has 0 amide bonds. The highest BCUT2D eigenvalue weighted by molar-refractivity contribution is 9.10. The summed E-state index contributed by atoms with van der Waals surface area (Å²) < 4.78 is 31.8. The molecule has 0 radical (unpaired) electrons. The van der Waals surface area contributed by atoms with E-state index in [0.29, 0.717) is 15.9 Å². The molecule has 0 unspecified atom stereocenters. The Balaban J connectivity index is 2.11. The van der Waals surface area contributed by atoms with Crippen molar-refractivity contribution in [2.24, 2.45) is 4.99 Å². The topological polar surface area (TPSA) is 37.7 Å². The summed E-state index contributed by atoms with van der Waals surface area (Å²) >= 11 is 3.42. The van der Waals surface area contributed by atoms with Crippen molar-refractivity contribution < 1.29 is 13.5 Å². The summed E-state index contributed by atoms with van der Waals surface area (Å²) in [5, 5.41) is 0. The van der Waals surface area contributed by atoms with Crippen LogP contribution in [0.5, 0.6) is 5.88 Å². The number of aromatic nitrogens is 1. The van der Waals surface area contributed by atoms with Gasteiger partial charge in [0.1, 0.15) is 6.61 Å². The van der Waals surface area contributed by atoms with Crippen LogP contribution < -0.4 is 4.74 Å². The molecule has 0 fully saturated rings. The molecule has 0 aliphatic heterocycles. The van der Waals surface area contributed by atoms with Crippen LogP contribution >= 0.6 is 15.9 Å². The molecule has 0 aliphatic rings. The van der Waals surface area contributed by atoms with Crippen molar-refractivity contribution in [3.63, 3.8) is 0 Å². The molecule has 4 nitrogen and oxygen atoms in total. The molecular formula is C18H20BrF2N3O. The lowest BCUT2D eigenvalue weighted by atomic mass is 10.1. The van der Waals surface area contributed by atoms with Crippen molar-refractivity contribution in [3.05, 3.63) is 51.6 Å². The summed E-state index contributed by atoms with van der Waals surface area (Å²) in [7, 11) is 1.94. The van der Waals surface area contributed by atoms with E-state index in [0.717, 1.165) is 17.9 Å². The fourth-order valence-electron chi connectivity index (χ4n) is 1.99. The zero-order valence-corrected chi connectivity index (χ0v) is 15.9. The van der Waals surface area contributed by atoms with Gasteiger partial charge < -0.3 is 9.64 Å². The summed E-state index contributed by atoms with van der Waals surface area (Å²) in [6.45, 7) is 4.89. The molecule has 7 heteroatoms. The van der Waals surface area contributed by atoms with E-state index in [9.17, 15) is 8.78 Å². The van der Waals surface area contributed by atoms with Gasteiger partial charge in [0.25, 0.3) is 6.43 Å². The van der Waals surface area contributed by atoms with Gasteiger partial charge in [0.15, 0.2) is 0 Å². The number of rotatable bonds is 7. The molecule has 0 N–H and O–H groups in total. The standard InChI is InChI=1S/C18H20BrF2N3O/c1-4-24(3)11-22-16-9-15(19)18(23-12(16)2)25-10-13-6-5-7-14(8-13)17(20)21/h5-9,11,17H,4,10H2,1-3H3. The average molecular weight is 412 g/mol. The Morgan fingerprint density at radius 1 is 1.36 bits per heavy atom. The van der Waals surface area contributed by atoms with Gasteiger partial charge >= 0.3 is 0 Å². The molecule has 0 spiro atoms. The number of halogens is 3. The Kier molecular flexibility index (Phi) is 6.87. The molecule has 134 valence electrons. The summed E-state index contributed by atoms with van der Waals surface area (Å²) in [6.07, 6.45) is -0.752. The minimum absolute atomic E-state index is 0.0194. The fourth-order valence-corrected chi connectivity index (χ4v) is 2.41. The maximum Gasteiger partial charge on any atom is 0.263 e. The van der Waals surface area contributed by atoms with Crippen molar-refractivity contribution in [3.8, 4) is 5.88 Å². The highest BCUT2D eigenvalue weighted by atomic mass is 79.9. The molecule has 2 rings (SSSR count). The number of hydrogen-bond acceptors (Lipinski definition) is 3. The maximum atomic E-state index is 12.7. The number of aryl methyl sites for hydroxylation is 1. The lowest BCUT2D eigenvalue weighted by molar-refractivity contribution is 0.151. The van der Waals surface area contributed by atoms with Gasteiger partial charge in [-0.3, -0.25) is 0 Å². The van der Waals surface area contributed by atoms with Crippen molar-refractivity contribution in [2.45, 2.75) is 26.9 Å². The van der Waals surface area contributed by atoms with Crippen LogP contribution in [-0.2, 0) is 6.61 Å². The molecule has 2 aromatic rings. The van der Waals surface area contributed by atoms with Crippen LogP contribution in [0.2, 0.25) is 0 Å². The van der Waals surface area contributed by atoms with Crippen LogP contribution in [0.3, 0.4) is 0 Å². The Bertz CT molecular complexity index is 753. The first-order valence-corrected chi connectivity index (χ1v) is 8.61. The number of hydrogen-bond donors (Lipinski definition) is 0. The molecule has 0 saturated heterocycles. The van der Waals surface area contributed by atoms with E-state index >= 15 is 0 Å². The molecule has 1 aromatic heterocycles. The molecule has 0 saturated carbocycles. The van der Waals surface area contributed by atoms with Crippen LogP contribution in [-0.4, -0.2) is 29.8 Å². The highest BCUT2D eigenvalue weighted by Crippen LogP contribution is 2.30. The fraction of sp³-hybridized carbons (Fsp3) is 0.333. The average Bonchev–Trinajstić information content (AvgIpc) is 2.60. The quantitative estimate of drug-likeness (QED) is 0.459. The largest absolute Gasteiger partial charge is 0.472 e. The van der Waals surface area contributed by atoms with Crippen LogP contribution in [0, 0.1) is 6.92 Å². The van der Waals surface area contributed by atoms with E-state index in [1.165, 1.54) is 12.1 Å². The summed E-state index contributed by atoms with van der Waals surface area (Å²) in [5.74, 6) is 0.405. The van der Waals surface area contributed by atoms with Crippen molar-refractivity contribution in [2.75, 3.05) is 13.6 Å². The molecule has 1 heterocycles. The summed E-state index contributed by atoms with van der Waals surface area (Å²) in [6, 6.07) is 7.99. The molecule has 0 bridgehead atoms. The monoisotopic (exact) mass is 411 g/mol. The second-order valence-electron chi connectivity index (χ2n) is 5.53. The van der Waals surface area contributed by atoms with Crippen LogP contribution in [0.4, 0.5) is 14.5 Å². The first kappa shape index (κ1) is 19.3. The van der Waals surface area contributed by atoms with E-state index in [-0.39, 0.29) is 12.2 Å². The van der Waals surface area contributed by atoms with Crippen molar-refractivity contribution in [1.82, 2.24) is 9.88 Å². The summed E-state index contributed by atoms with van der Waals surface area (Å²) in [5.41, 5.74) is 2.10. The van der Waals surface area contributed by atoms with Crippen LogP contribution in [0.15, 0.2) is 39.8 Å². The molecular weight excluding hydrogens is 392 g/mol. The van der Waals surface area contributed by atoms with Crippen LogP contribution in [0.25, 0.3) is 0 Å². The smallest absolute Gasteiger partial charge is 0.263 e. The molecule has 0 aliphatic carbocycles. The summed E-state index contributed by atoms with van der Waals surface area (Å²) in [4.78, 5) is 10.7. The Hall–Kier alpha value is -2.02. The third-order valence-electron chi connectivity index (χ3n) is 3.58. The van der Waals surface area contributed by atoms with Gasteiger partial charge in [-0.05, 0) is 47.5 Å². The Labute approximate surface area is 154 Å². The van der Waals surface area contributed by atoms with Crippen LogP contribution in [0.1, 0.15) is 30.2 Å². The predicted octanol–water partition coefficient (Wildman–Crippen LogP) is 5.28. The zero-order chi connectivity index (χ0) is 18.4. The van der Waals surface area contributed by atoms with Gasteiger partial charge in [-0.1, -0.05) is 18.2 Å². The third kappa shape index (κ3) is 5.49. The second kappa shape index (κ2) is 8.89. The van der Waals surface area contributed by atoms with Crippen molar-refractivity contribution >= 4 is 28.0 Å². The SMILES string of the molecule is CCN(C)C=Nc1cc(Br)c(OCc2cccc(C(F)F)c2)nc1C. The number of benzene rings is 1. The first-order valence-electron chi connectivity index (χ1n) is 7.82. The molecule has 25 heavy (non-hydrogen) atoms. The van der Waals surface area contributed by atoms with Gasteiger partial charge in [0.2, 0.25) is 5.88 Å². The third-order valence-corrected chi connectivity index (χ3v) is 4.15. The van der Waals surface area contributed by atoms with E-state index < -0.39 is 6.43 Å². The Morgan fingerprint density at radius 3 is 2.80 bits per heavy atom. The zero-order valence-electron chi connectivity index (χ0n) is 14.3. The minimum atomic E-state index is -2.49. The number of alkyl halides is 2. The van der Waals surface area contributed by atoms with Crippen molar-refractivity contribution in [1.29, 1.82) is 0 Å². The number of nitrogens with zero attached hydrogens (tertiary/aromatic N) is 3. The van der Waals surface area contributed by atoms with Gasteiger partial charge in [-0.2, -0.15) is 0 Å². The molecule has 0 atom stereocenters. The minimum Gasteiger partial charge on any atom is -0.472 e. The second-order valence-corrected chi connectivity index (χ2v) is 6.39. The van der Waals surface area contributed by atoms with E-state index in [2.05, 4.69) is 25.9 Å². The van der Waals surface area contributed by atoms with E-state index in [1.807, 2.05) is 31.9 Å². The van der Waals surface area contributed by atoms with Gasteiger partial charge in [-0.25, -0.2) is 18.8 Å². The first-order chi connectivity index (χ1) is 11.9. The lowest BCUT2D eigenvalue weighted by Gasteiger charge is -2.12. The number of aliphatic imine (C=N–C) groups is 1. The van der Waals surface area contributed by atoms with Gasteiger partial charge in [-0.15, -0.1) is 0 Å². The normalized spacial score (nSPS) is 11.3. The van der Waals surface area contributed by atoms with E-state index in [4.69, 9.17) is 4.74 Å².